The van der Waals surface area contributed by atoms with Crippen molar-refractivity contribution in [1.29, 1.82) is 0 Å². The van der Waals surface area contributed by atoms with Gasteiger partial charge in [-0.2, -0.15) is 0 Å². The minimum atomic E-state index is 0.431. The number of hydrogen-bond donors (Lipinski definition) is 1. The molecule has 1 aliphatic rings. The first-order chi connectivity index (χ1) is 4.33. The average Bonchev–Trinajstić information content (AvgIpc) is 1.88. The third kappa shape index (κ3) is 1.63. The van der Waals surface area contributed by atoms with E-state index in [1.165, 1.54) is 0 Å². The molecule has 0 aliphatic carbocycles. The zero-order chi connectivity index (χ0) is 6.69. The number of hydrogen-bond acceptors (Lipinski definition) is 2. The summed E-state index contributed by atoms with van der Waals surface area (Å²) >= 11 is 0. The van der Waals surface area contributed by atoms with Crippen LogP contribution in [0.2, 0.25) is 0 Å². The largest absolute Gasteiger partial charge is 0.667 e. The average molecular weight is 127 g/mol. The topological polar surface area (TPSA) is 32.3 Å². The van der Waals surface area contributed by atoms with E-state index in [1.54, 1.807) is 4.90 Å². The number of nitrogens with one attached hydrogen (secondary N) is 1. The van der Waals surface area contributed by atoms with Crippen LogP contribution >= 0.6 is 0 Å². The Labute approximate surface area is 55.0 Å². The molecule has 1 N–H and O–H groups in total. The summed E-state index contributed by atoms with van der Waals surface area (Å²) in [6.07, 6.45) is 1.88. The molecule has 0 aromatic heterocycles. The van der Waals surface area contributed by atoms with Gasteiger partial charge in [0.2, 0.25) is 0 Å². The lowest BCUT2D eigenvalue weighted by atomic mass is 10.2. The Morgan fingerprint density at radius 2 is 2.56 bits per heavy atom. The van der Waals surface area contributed by atoms with Crippen molar-refractivity contribution >= 4 is 6.41 Å². The van der Waals surface area contributed by atoms with Gasteiger partial charge >= 0.3 is 6.41 Å². The SMILES string of the molecule is CC1CN([C+]=O)CCN1. The molecule has 1 heterocycles. The zero-order valence-electron chi connectivity index (χ0n) is 5.55. The van der Waals surface area contributed by atoms with Crippen LogP contribution in [0.1, 0.15) is 6.92 Å². The van der Waals surface area contributed by atoms with Crippen LogP contribution in [-0.2, 0) is 4.79 Å². The Hall–Kier alpha value is -0.660. The molecule has 50 valence electrons. The highest BCUT2D eigenvalue weighted by atomic mass is 16.1. The Morgan fingerprint density at radius 1 is 1.78 bits per heavy atom. The molecule has 3 nitrogen and oxygen atoms in total. The number of rotatable bonds is 1. The van der Waals surface area contributed by atoms with Gasteiger partial charge in [-0.3, -0.25) is 0 Å². The molecule has 3 heteroatoms. The third-order valence-corrected chi connectivity index (χ3v) is 1.50. The summed E-state index contributed by atoms with van der Waals surface area (Å²) in [5, 5.41) is 3.23. The monoisotopic (exact) mass is 127 g/mol. The molecule has 1 rings (SSSR count). The predicted molar refractivity (Wildman–Crippen MR) is 34.7 cm³/mol. The second-order valence-corrected chi connectivity index (χ2v) is 2.39. The summed E-state index contributed by atoms with van der Waals surface area (Å²) < 4.78 is 0. The van der Waals surface area contributed by atoms with Gasteiger partial charge in [0.25, 0.3) is 0 Å². The Bertz CT molecular complexity index is 105. The van der Waals surface area contributed by atoms with Crippen molar-refractivity contribution in [2.24, 2.45) is 0 Å². The maximum Gasteiger partial charge on any atom is 0.667 e. The van der Waals surface area contributed by atoms with Crippen LogP contribution < -0.4 is 5.32 Å². The van der Waals surface area contributed by atoms with E-state index < -0.39 is 0 Å². The Morgan fingerprint density at radius 3 is 3.00 bits per heavy atom. The van der Waals surface area contributed by atoms with Crippen LogP contribution in [0.4, 0.5) is 0 Å². The van der Waals surface area contributed by atoms with Crippen LogP contribution in [-0.4, -0.2) is 37.0 Å². The molecule has 0 radical (unpaired) electrons. The van der Waals surface area contributed by atoms with Crippen molar-refractivity contribution in [2.45, 2.75) is 13.0 Å². The second-order valence-electron chi connectivity index (χ2n) is 2.39. The predicted octanol–water partition coefficient (Wildman–Crippen LogP) is -0.653. The molecular weight excluding hydrogens is 116 g/mol. The molecule has 1 aliphatic heterocycles. The van der Waals surface area contributed by atoms with E-state index in [9.17, 15) is 4.79 Å². The van der Waals surface area contributed by atoms with E-state index in [4.69, 9.17) is 0 Å². The lowest BCUT2D eigenvalue weighted by molar-refractivity contribution is 0.289. The van der Waals surface area contributed by atoms with Gasteiger partial charge in [0.15, 0.2) is 0 Å². The lowest BCUT2D eigenvalue weighted by Gasteiger charge is -2.20. The van der Waals surface area contributed by atoms with Crippen LogP contribution in [0.3, 0.4) is 0 Å². The molecule has 0 aromatic carbocycles. The van der Waals surface area contributed by atoms with Crippen molar-refractivity contribution < 1.29 is 4.79 Å². The van der Waals surface area contributed by atoms with Crippen LogP contribution in [0, 0.1) is 0 Å². The van der Waals surface area contributed by atoms with Crippen molar-refractivity contribution in [3.8, 4) is 0 Å². The summed E-state index contributed by atoms with van der Waals surface area (Å²) in [6.45, 7) is 4.55. The maximum atomic E-state index is 10.1. The fourth-order valence-electron chi connectivity index (χ4n) is 1.02. The summed E-state index contributed by atoms with van der Waals surface area (Å²) in [6, 6.07) is 0.431. The van der Waals surface area contributed by atoms with Crippen molar-refractivity contribution in [1.82, 2.24) is 10.2 Å². The van der Waals surface area contributed by atoms with E-state index in [0.717, 1.165) is 19.6 Å². The zero-order valence-corrected chi connectivity index (χ0v) is 5.55. The normalized spacial score (nSPS) is 27.7. The number of carbonyl (C=O) groups excluding carboxylic acids is 1. The summed E-state index contributed by atoms with van der Waals surface area (Å²) in [4.78, 5) is 11.7. The summed E-state index contributed by atoms with van der Waals surface area (Å²) in [5.41, 5.74) is 0. The fourth-order valence-corrected chi connectivity index (χ4v) is 1.02. The van der Waals surface area contributed by atoms with Crippen LogP contribution in [0.5, 0.6) is 0 Å². The van der Waals surface area contributed by atoms with E-state index in [-0.39, 0.29) is 0 Å². The first kappa shape index (κ1) is 6.46. The van der Waals surface area contributed by atoms with Gasteiger partial charge in [-0.05, 0) is 6.92 Å². The number of piperazine rings is 1. The van der Waals surface area contributed by atoms with Gasteiger partial charge in [0.1, 0.15) is 0 Å². The molecular formula is C6H11N2O+. The molecule has 9 heavy (non-hydrogen) atoms. The van der Waals surface area contributed by atoms with Crippen LogP contribution in [0.15, 0.2) is 0 Å². The Balaban J connectivity index is 2.31. The molecule has 0 aromatic rings. The Kier molecular flexibility index (Phi) is 1.98. The van der Waals surface area contributed by atoms with Gasteiger partial charge in [0, 0.05) is 12.6 Å². The minimum Gasteiger partial charge on any atom is -0.310 e. The second kappa shape index (κ2) is 2.76. The standard InChI is InChI=1S/C6H11N2O/c1-6-4-8(5-9)3-2-7-6/h6-7H,2-4H2,1H3/q+1. The smallest absolute Gasteiger partial charge is 0.310 e. The molecule has 0 spiro atoms. The highest BCUT2D eigenvalue weighted by Crippen LogP contribution is 1.93. The third-order valence-electron chi connectivity index (χ3n) is 1.50. The van der Waals surface area contributed by atoms with Gasteiger partial charge in [-0.15, -0.1) is 4.90 Å². The summed E-state index contributed by atoms with van der Waals surface area (Å²) in [7, 11) is 0. The van der Waals surface area contributed by atoms with Gasteiger partial charge in [0.05, 0.1) is 17.9 Å². The van der Waals surface area contributed by atoms with Gasteiger partial charge in [-0.1, -0.05) is 0 Å². The molecule has 1 unspecified atom stereocenters. The summed E-state index contributed by atoms with van der Waals surface area (Å²) in [5.74, 6) is 0. The molecule has 1 amide bonds. The van der Waals surface area contributed by atoms with E-state index in [2.05, 4.69) is 12.2 Å². The molecule has 1 fully saturated rings. The quantitative estimate of drug-likeness (QED) is 0.475. The number of amides is 1. The van der Waals surface area contributed by atoms with Crippen LogP contribution in [0.25, 0.3) is 0 Å². The maximum absolute atomic E-state index is 10.1. The fraction of sp³-hybridized carbons (Fsp3) is 0.833. The number of nitrogens with zero attached hydrogens (tertiary/aromatic N) is 1. The van der Waals surface area contributed by atoms with Crippen molar-refractivity contribution in [3.63, 3.8) is 0 Å². The van der Waals surface area contributed by atoms with E-state index in [1.807, 2.05) is 6.41 Å². The highest BCUT2D eigenvalue weighted by molar-refractivity contribution is 5.48. The minimum absolute atomic E-state index is 0.431. The molecule has 0 bridgehead atoms. The first-order valence-electron chi connectivity index (χ1n) is 3.19. The van der Waals surface area contributed by atoms with Gasteiger partial charge in [-0.25, -0.2) is 0 Å². The van der Waals surface area contributed by atoms with Gasteiger partial charge < -0.3 is 5.32 Å². The molecule has 1 saturated heterocycles. The molecule has 0 saturated carbocycles. The van der Waals surface area contributed by atoms with Crippen molar-refractivity contribution in [2.75, 3.05) is 19.6 Å². The first-order valence-corrected chi connectivity index (χ1v) is 3.19. The van der Waals surface area contributed by atoms with E-state index >= 15 is 0 Å². The van der Waals surface area contributed by atoms with Crippen molar-refractivity contribution in [3.05, 3.63) is 0 Å². The lowest BCUT2D eigenvalue weighted by Crippen LogP contribution is -2.48. The van der Waals surface area contributed by atoms with E-state index in [0.29, 0.717) is 6.04 Å². The molecule has 1 atom stereocenters. The highest BCUT2D eigenvalue weighted by Gasteiger charge is 2.22.